The zero-order chi connectivity index (χ0) is 25.1. The maximum atomic E-state index is 11.4. The van der Waals surface area contributed by atoms with E-state index in [0.29, 0.717) is 0 Å². The van der Waals surface area contributed by atoms with Crippen LogP contribution in [0.4, 0.5) is 11.4 Å². The van der Waals surface area contributed by atoms with Crippen molar-refractivity contribution in [2.45, 2.75) is 58.5 Å². The minimum absolute atomic E-state index is 0.131. The number of anilines is 2. The molecule has 2 atom stereocenters. The minimum Gasteiger partial charge on any atom is -0.500 e. The summed E-state index contributed by atoms with van der Waals surface area (Å²) in [5.41, 5.74) is 8.22. The van der Waals surface area contributed by atoms with E-state index in [4.69, 9.17) is 4.74 Å². The number of aliphatic hydroxyl groups excluding tert-OH is 1. The highest BCUT2D eigenvalue weighted by atomic mass is 16.5. The Labute approximate surface area is 210 Å². The number of para-hydroxylation sites is 2. The van der Waals surface area contributed by atoms with E-state index < -0.39 is 6.10 Å². The van der Waals surface area contributed by atoms with Gasteiger partial charge in [-0.1, -0.05) is 70.2 Å². The summed E-state index contributed by atoms with van der Waals surface area (Å²) in [4.78, 5) is 4.74. The van der Waals surface area contributed by atoms with Crippen molar-refractivity contribution in [3.8, 4) is 0 Å². The molecule has 35 heavy (non-hydrogen) atoms. The Kier molecular flexibility index (Phi) is 5.63. The number of hydrogen-bond acceptors (Lipinski definition) is 4. The van der Waals surface area contributed by atoms with Gasteiger partial charge in [-0.05, 0) is 43.2 Å². The Morgan fingerprint density at radius 2 is 1.31 bits per heavy atom. The molecule has 5 rings (SSSR count). The van der Waals surface area contributed by atoms with Gasteiger partial charge in [0.05, 0.1) is 19.1 Å². The molecular formula is C31H38N2O2. The predicted molar refractivity (Wildman–Crippen MR) is 145 cm³/mol. The summed E-state index contributed by atoms with van der Waals surface area (Å²) in [6.07, 6.45) is 3.82. The van der Waals surface area contributed by atoms with Gasteiger partial charge in [-0.3, -0.25) is 0 Å². The van der Waals surface area contributed by atoms with E-state index in [1.165, 1.54) is 33.9 Å². The lowest BCUT2D eigenvalue weighted by Crippen LogP contribution is -2.38. The SMILES string of the molecule is CCN1C(=CC2=C(OC)C(C=C3N(CC)c4ccccc4C3(C)C)C2O)C(C)(C)c2ccccc21. The van der Waals surface area contributed by atoms with Crippen LogP contribution >= 0.6 is 0 Å². The van der Waals surface area contributed by atoms with E-state index in [1.807, 2.05) is 0 Å². The first-order chi connectivity index (χ1) is 16.7. The summed E-state index contributed by atoms with van der Waals surface area (Å²) in [5.74, 6) is 0.703. The second-order valence-corrected chi connectivity index (χ2v) is 10.8. The third-order valence-corrected chi connectivity index (χ3v) is 8.33. The summed E-state index contributed by atoms with van der Waals surface area (Å²) >= 11 is 0. The van der Waals surface area contributed by atoms with E-state index in [-0.39, 0.29) is 16.7 Å². The number of nitrogens with zero attached hydrogens (tertiary/aromatic N) is 2. The smallest absolute Gasteiger partial charge is 0.111 e. The van der Waals surface area contributed by atoms with Crippen LogP contribution in [0.25, 0.3) is 0 Å². The zero-order valence-electron chi connectivity index (χ0n) is 22.1. The van der Waals surface area contributed by atoms with Crippen molar-refractivity contribution in [3.05, 3.63) is 94.5 Å². The first-order valence-corrected chi connectivity index (χ1v) is 12.8. The van der Waals surface area contributed by atoms with Crippen LogP contribution in [0, 0.1) is 5.92 Å². The van der Waals surface area contributed by atoms with Crippen molar-refractivity contribution in [1.82, 2.24) is 0 Å². The molecule has 4 heteroatoms. The normalized spacial score (nSPS) is 26.3. The van der Waals surface area contributed by atoms with Crippen molar-refractivity contribution >= 4 is 11.4 Å². The van der Waals surface area contributed by atoms with E-state index in [0.717, 1.165) is 24.4 Å². The largest absolute Gasteiger partial charge is 0.500 e. The highest BCUT2D eigenvalue weighted by Gasteiger charge is 2.46. The topological polar surface area (TPSA) is 35.9 Å². The third-order valence-electron chi connectivity index (χ3n) is 8.33. The number of rotatable bonds is 5. The maximum Gasteiger partial charge on any atom is 0.111 e. The summed E-state index contributed by atoms with van der Waals surface area (Å²) in [7, 11) is 1.73. The van der Waals surface area contributed by atoms with Crippen LogP contribution in [0.2, 0.25) is 0 Å². The molecule has 0 bridgehead atoms. The maximum absolute atomic E-state index is 11.4. The molecule has 2 aromatic rings. The Morgan fingerprint density at radius 3 is 1.83 bits per heavy atom. The number of allylic oxidation sites excluding steroid dienone is 2. The number of ether oxygens (including phenoxy) is 1. The lowest BCUT2D eigenvalue weighted by Gasteiger charge is -2.38. The molecule has 2 unspecified atom stereocenters. The predicted octanol–water partition coefficient (Wildman–Crippen LogP) is 6.28. The number of aliphatic hydroxyl groups is 1. The molecule has 1 aliphatic carbocycles. The molecule has 184 valence electrons. The number of fused-ring (bicyclic) bond motifs is 2. The second-order valence-electron chi connectivity index (χ2n) is 10.8. The van der Waals surface area contributed by atoms with Crippen LogP contribution < -0.4 is 9.80 Å². The second kappa shape index (κ2) is 8.30. The van der Waals surface area contributed by atoms with Gasteiger partial charge in [0.2, 0.25) is 0 Å². The van der Waals surface area contributed by atoms with Crippen LogP contribution in [-0.4, -0.2) is 31.4 Å². The van der Waals surface area contributed by atoms with Gasteiger partial charge in [-0.25, -0.2) is 0 Å². The Hall–Kier alpha value is -2.98. The quantitative estimate of drug-likeness (QED) is 0.558. The number of benzene rings is 2. The van der Waals surface area contributed by atoms with Crippen LogP contribution in [-0.2, 0) is 15.6 Å². The fourth-order valence-electron chi connectivity index (χ4n) is 6.40. The molecule has 0 saturated heterocycles. The van der Waals surface area contributed by atoms with Crippen LogP contribution in [0.15, 0.2) is 83.4 Å². The number of methoxy groups -OCH3 is 1. The van der Waals surface area contributed by atoms with E-state index in [9.17, 15) is 5.11 Å². The highest BCUT2D eigenvalue weighted by molar-refractivity contribution is 5.72. The van der Waals surface area contributed by atoms with E-state index in [1.54, 1.807) is 7.11 Å². The molecule has 3 aliphatic rings. The molecule has 2 heterocycles. The van der Waals surface area contributed by atoms with Gasteiger partial charge in [0.1, 0.15) is 5.76 Å². The lowest BCUT2D eigenvalue weighted by molar-refractivity contribution is 0.0940. The number of likely N-dealkylation sites (N-methyl/N-ethyl adjacent to an activating group) is 2. The first-order valence-electron chi connectivity index (χ1n) is 12.8. The lowest BCUT2D eigenvalue weighted by atomic mass is 9.75. The monoisotopic (exact) mass is 470 g/mol. The van der Waals surface area contributed by atoms with Crippen molar-refractivity contribution in [3.63, 3.8) is 0 Å². The summed E-state index contributed by atoms with van der Waals surface area (Å²) in [5, 5.41) is 11.4. The van der Waals surface area contributed by atoms with Crippen molar-refractivity contribution in [1.29, 1.82) is 0 Å². The molecule has 0 spiro atoms. The third kappa shape index (κ3) is 3.30. The summed E-state index contributed by atoms with van der Waals surface area (Å²) < 4.78 is 5.92. The van der Waals surface area contributed by atoms with Crippen molar-refractivity contribution in [2.24, 2.45) is 5.92 Å². The fraction of sp³-hybridized carbons (Fsp3) is 0.419. The van der Waals surface area contributed by atoms with E-state index >= 15 is 0 Å². The molecule has 4 nitrogen and oxygen atoms in total. The van der Waals surface area contributed by atoms with Gasteiger partial charge in [0.15, 0.2) is 0 Å². The Morgan fingerprint density at radius 1 is 0.829 bits per heavy atom. The van der Waals surface area contributed by atoms with Gasteiger partial charge in [0, 0.05) is 52.3 Å². The minimum atomic E-state index is -0.596. The molecule has 2 aromatic carbocycles. The van der Waals surface area contributed by atoms with Crippen LogP contribution in [0.3, 0.4) is 0 Å². The van der Waals surface area contributed by atoms with Crippen LogP contribution in [0.1, 0.15) is 52.7 Å². The van der Waals surface area contributed by atoms with Gasteiger partial charge in [-0.15, -0.1) is 0 Å². The highest BCUT2D eigenvalue weighted by Crippen LogP contribution is 2.52. The zero-order valence-corrected chi connectivity index (χ0v) is 22.1. The van der Waals surface area contributed by atoms with Gasteiger partial charge < -0.3 is 19.6 Å². The first kappa shape index (κ1) is 23.7. The Balaban J connectivity index is 1.56. The average molecular weight is 471 g/mol. The fourth-order valence-corrected chi connectivity index (χ4v) is 6.40. The van der Waals surface area contributed by atoms with Crippen molar-refractivity contribution < 1.29 is 9.84 Å². The average Bonchev–Trinajstić information content (AvgIpc) is 3.21. The molecular weight excluding hydrogens is 432 g/mol. The molecule has 0 saturated carbocycles. The molecule has 0 fully saturated rings. The molecule has 2 aliphatic heterocycles. The van der Waals surface area contributed by atoms with Gasteiger partial charge in [0.25, 0.3) is 0 Å². The van der Waals surface area contributed by atoms with Gasteiger partial charge >= 0.3 is 0 Å². The molecule has 0 radical (unpaired) electrons. The molecule has 0 amide bonds. The number of hydrogen-bond donors (Lipinski definition) is 1. The van der Waals surface area contributed by atoms with Crippen molar-refractivity contribution in [2.75, 3.05) is 30.0 Å². The van der Waals surface area contributed by atoms with Gasteiger partial charge in [-0.2, -0.15) is 0 Å². The van der Waals surface area contributed by atoms with Crippen LogP contribution in [0.5, 0.6) is 0 Å². The molecule has 1 N–H and O–H groups in total. The summed E-state index contributed by atoms with van der Waals surface area (Å²) in [6.45, 7) is 15.2. The summed E-state index contributed by atoms with van der Waals surface area (Å²) in [6, 6.07) is 17.2. The Bertz CT molecular complexity index is 1250. The standard InChI is InChI=1S/C31H38N2O2/c1-8-32-24-16-12-10-14-22(24)30(3,4)26(32)18-20-28(34)21(29(20)35-7)19-27-31(5,6)23-15-11-13-17-25(23)33(27)9-2/h10-20,28,34H,8-9H2,1-7H3. The van der Waals surface area contributed by atoms with E-state index in [2.05, 4.69) is 112 Å². The molecule has 0 aromatic heterocycles.